The summed E-state index contributed by atoms with van der Waals surface area (Å²) in [5, 5.41) is 23.4. The van der Waals surface area contributed by atoms with Crippen LogP contribution in [0.3, 0.4) is 0 Å². The van der Waals surface area contributed by atoms with Crippen LogP contribution in [0.15, 0.2) is 73.6 Å². The Bertz CT molecular complexity index is 2440. The second kappa shape index (κ2) is 20.0. The normalized spacial score (nSPS) is 13.9. The van der Waals surface area contributed by atoms with Crippen LogP contribution >= 0.6 is 0 Å². The van der Waals surface area contributed by atoms with Crippen molar-refractivity contribution in [2.75, 3.05) is 35.0 Å². The summed E-state index contributed by atoms with van der Waals surface area (Å²) in [6.45, 7) is 7.99. The first-order chi connectivity index (χ1) is 28.3. The molecule has 0 bridgehead atoms. The van der Waals surface area contributed by atoms with E-state index in [0.717, 1.165) is 105 Å². The van der Waals surface area contributed by atoms with E-state index in [1.54, 1.807) is 40.8 Å². The molecule has 0 radical (unpaired) electrons. The molecule has 14 heteroatoms. The van der Waals surface area contributed by atoms with Crippen molar-refractivity contribution in [2.24, 2.45) is 0 Å². The molecule has 1 unspecified atom stereocenters. The number of nitrogens with zero attached hydrogens (tertiary/aromatic N) is 7. The lowest BCUT2D eigenvalue weighted by molar-refractivity contribution is -0.103. The predicted octanol–water partition coefficient (Wildman–Crippen LogP) is 8.61. The Balaban J connectivity index is 0.000000169. The van der Waals surface area contributed by atoms with Gasteiger partial charge in [-0.15, -0.1) is 0 Å². The Morgan fingerprint density at radius 3 is 2.07 bits per heavy atom. The fourth-order valence-electron chi connectivity index (χ4n) is 7.03. The number of hydrogen-bond donors (Lipinski definition) is 2. The highest BCUT2D eigenvalue weighted by molar-refractivity contribution is 5.94. The summed E-state index contributed by atoms with van der Waals surface area (Å²) in [4.78, 5) is 16.1. The molecule has 6 heterocycles. The van der Waals surface area contributed by atoms with Gasteiger partial charge < -0.3 is 28.7 Å². The molecule has 0 aliphatic carbocycles. The third kappa shape index (κ3) is 9.31. The Morgan fingerprint density at radius 1 is 0.879 bits per heavy atom. The van der Waals surface area contributed by atoms with Gasteiger partial charge in [-0.2, -0.15) is 15.5 Å². The number of H-pyrrole nitrogens is 2. The third-order valence-corrected chi connectivity index (χ3v) is 10.2. The molecule has 8 rings (SSSR count). The van der Waals surface area contributed by atoms with Crippen molar-refractivity contribution in [3.63, 3.8) is 0 Å². The number of nitriles is 1. The van der Waals surface area contributed by atoms with E-state index in [-0.39, 0.29) is 12.5 Å². The lowest BCUT2D eigenvalue weighted by Crippen LogP contribution is -2.19. The fourth-order valence-corrected chi connectivity index (χ4v) is 7.03. The number of pyridine rings is 2. The topological polar surface area (TPSA) is 171 Å². The van der Waals surface area contributed by atoms with Crippen molar-refractivity contribution in [3.8, 4) is 39.8 Å². The van der Waals surface area contributed by atoms with Gasteiger partial charge in [-0.05, 0) is 97.2 Å². The minimum Gasteiger partial charge on any atom is -0.380 e. The van der Waals surface area contributed by atoms with Crippen molar-refractivity contribution in [3.05, 3.63) is 102 Å². The zero-order valence-electron chi connectivity index (χ0n) is 34.2. The highest BCUT2D eigenvalue weighted by Crippen LogP contribution is 2.34. The largest absolute Gasteiger partial charge is 0.380 e. The molecular weight excluding hydrogens is 735 g/mol. The maximum absolute atomic E-state index is 9.58. The van der Waals surface area contributed by atoms with E-state index in [4.69, 9.17) is 23.7 Å². The van der Waals surface area contributed by atoms with E-state index in [1.165, 1.54) is 5.56 Å². The van der Waals surface area contributed by atoms with Crippen molar-refractivity contribution < 1.29 is 23.7 Å². The summed E-state index contributed by atoms with van der Waals surface area (Å²) in [6.07, 6.45) is 14.9. The summed E-state index contributed by atoms with van der Waals surface area (Å²) in [5.41, 5.74) is 11.9. The Labute approximate surface area is 338 Å². The highest BCUT2D eigenvalue weighted by atomic mass is 16.7. The van der Waals surface area contributed by atoms with Gasteiger partial charge in [0, 0.05) is 94.1 Å². The number of benzene rings is 2. The molecular formula is C44H51N9O5. The Morgan fingerprint density at radius 2 is 1.53 bits per heavy atom. The highest BCUT2D eigenvalue weighted by Gasteiger charge is 2.22. The van der Waals surface area contributed by atoms with Crippen LogP contribution in [0, 0.1) is 25.2 Å². The molecule has 302 valence electrons. The summed E-state index contributed by atoms with van der Waals surface area (Å²) >= 11 is 0. The van der Waals surface area contributed by atoms with Gasteiger partial charge in [-0.3, -0.25) is 15.1 Å². The number of aromatic nitrogens is 8. The van der Waals surface area contributed by atoms with Gasteiger partial charge in [-0.25, -0.2) is 9.67 Å². The van der Waals surface area contributed by atoms with E-state index < -0.39 is 0 Å². The van der Waals surface area contributed by atoms with Gasteiger partial charge in [0.15, 0.2) is 24.0 Å². The quantitative estimate of drug-likeness (QED) is 0.120. The molecule has 58 heavy (non-hydrogen) atoms. The van der Waals surface area contributed by atoms with E-state index in [2.05, 4.69) is 73.3 Å². The van der Waals surface area contributed by atoms with Crippen LogP contribution < -0.4 is 0 Å². The molecule has 1 saturated heterocycles. The number of aromatic amines is 2. The molecule has 0 spiro atoms. The van der Waals surface area contributed by atoms with Crippen molar-refractivity contribution in [2.45, 2.75) is 72.2 Å². The average Bonchev–Trinajstić information content (AvgIpc) is 4.03. The SMILES string of the molecule is CCC(OC)OC.COCc1cncc(-c2ccc3[nH]nc(-c4ncc[nH]4)c3c2)c1C.COCc1cncc(-c2ccc3c(c2)c(C#N)nn3C2CCCCO2)c1C. The molecule has 0 amide bonds. The van der Waals surface area contributed by atoms with Crippen LogP contribution in [0.1, 0.15) is 66.8 Å². The number of ether oxygens (including phenoxy) is 5. The fraction of sp³-hybridized carbons (Fsp3) is 0.364. The molecule has 1 aliphatic rings. The van der Waals surface area contributed by atoms with Crippen LogP contribution in [-0.4, -0.2) is 81.2 Å². The van der Waals surface area contributed by atoms with Crippen LogP contribution in [0.2, 0.25) is 0 Å². The molecule has 14 nitrogen and oxygen atoms in total. The van der Waals surface area contributed by atoms with Crippen molar-refractivity contribution in [1.82, 2.24) is 39.9 Å². The van der Waals surface area contributed by atoms with Crippen LogP contribution in [0.5, 0.6) is 0 Å². The van der Waals surface area contributed by atoms with Crippen molar-refractivity contribution >= 4 is 21.8 Å². The molecule has 5 aromatic heterocycles. The van der Waals surface area contributed by atoms with Crippen LogP contribution in [0.25, 0.3) is 55.6 Å². The van der Waals surface area contributed by atoms with E-state index in [0.29, 0.717) is 18.9 Å². The Kier molecular flexibility index (Phi) is 14.4. The molecule has 2 aromatic carbocycles. The molecule has 2 N–H and O–H groups in total. The van der Waals surface area contributed by atoms with Gasteiger partial charge in [0.2, 0.25) is 0 Å². The zero-order valence-corrected chi connectivity index (χ0v) is 34.2. The van der Waals surface area contributed by atoms with Gasteiger partial charge in [0.25, 0.3) is 0 Å². The maximum Gasteiger partial charge on any atom is 0.170 e. The molecule has 1 aliphatic heterocycles. The third-order valence-electron chi connectivity index (χ3n) is 10.2. The van der Waals surface area contributed by atoms with Gasteiger partial charge in [0.1, 0.15) is 11.8 Å². The second-order valence-corrected chi connectivity index (χ2v) is 13.8. The standard InChI is InChI=1S/C21H22N4O2.C18H17N5O.C5H12O2/c1-14-16(13-26-2)11-23-12-18(14)15-6-7-20-17(9-15)19(10-22)24-25(20)21-5-3-4-8-27-21;1-11-13(10-24-2)8-19-9-15(11)12-3-4-16-14(7-12)17(23-22-16)18-20-5-6-21-18;1-4-5(6-2)7-3/h6-7,9,11-12,21H,3-5,8,13H2,1-2H3;3-9H,10H2,1-2H3,(H,20,21)(H,22,23);5H,4H2,1-3H3. The molecule has 7 aromatic rings. The van der Waals surface area contributed by atoms with Gasteiger partial charge in [-0.1, -0.05) is 19.1 Å². The first kappa shape index (κ1) is 41.8. The summed E-state index contributed by atoms with van der Waals surface area (Å²) < 4.78 is 27.9. The lowest BCUT2D eigenvalue weighted by atomic mass is 9.98. The molecule has 1 atom stereocenters. The average molecular weight is 786 g/mol. The van der Waals surface area contributed by atoms with Gasteiger partial charge in [0.05, 0.1) is 24.2 Å². The van der Waals surface area contributed by atoms with E-state index >= 15 is 0 Å². The smallest absolute Gasteiger partial charge is 0.170 e. The van der Waals surface area contributed by atoms with E-state index in [1.807, 2.05) is 54.6 Å². The first-order valence-corrected chi connectivity index (χ1v) is 19.3. The second-order valence-electron chi connectivity index (χ2n) is 13.8. The Hall–Kier alpha value is -5.82. The number of imidazole rings is 1. The summed E-state index contributed by atoms with van der Waals surface area (Å²) in [6, 6.07) is 14.6. The van der Waals surface area contributed by atoms with Gasteiger partial charge >= 0.3 is 0 Å². The predicted molar refractivity (Wildman–Crippen MR) is 222 cm³/mol. The summed E-state index contributed by atoms with van der Waals surface area (Å²) in [7, 11) is 6.65. The first-order valence-electron chi connectivity index (χ1n) is 19.3. The number of rotatable bonds is 11. The van der Waals surface area contributed by atoms with Crippen LogP contribution in [-0.2, 0) is 36.9 Å². The van der Waals surface area contributed by atoms with E-state index in [9.17, 15) is 5.26 Å². The summed E-state index contributed by atoms with van der Waals surface area (Å²) in [5.74, 6) is 0.751. The van der Waals surface area contributed by atoms with Crippen molar-refractivity contribution in [1.29, 1.82) is 5.26 Å². The number of nitrogens with one attached hydrogen (secondary N) is 2. The molecule has 1 fully saturated rings. The number of hydrogen-bond acceptors (Lipinski definition) is 11. The van der Waals surface area contributed by atoms with Crippen LogP contribution in [0.4, 0.5) is 0 Å². The minimum absolute atomic E-state index is 0.0139. The molecule has 0 saturated carbocycles. The number of fused-ring (bicyclic) bond motifs is 2. The minimum atomic E-state index is -0.0948. The lowest BCUT2D eigenvalue weighted by Gasteiger charge is -2.23. The maximum atomic E-state index is 9.58. The monoisotopic (exact) mass is 785 g/mol. The number of methoxy groups -OCH3 is 4. The zero-order chi connectivity index (χ0) is 41.0.